The Bertz CT molecular complexity index is 3540. The Morgan fingerprint density at radius 1 is 0.687 bits per heavy atom. The monoisotopic (exact) mass is 1060 g/mol. The number of hydrogen-bond acceptors (Lipinski definition) is 3. The second kappa shape index (κ2) is 19.3. The molecule has 7 aromatic carbocycles. The fourth-order valence-corrected chi connectivity index (χ4v) is 8.81. The second-order valence-corrected chi connectivity index (χ2v) is 18.7. The molecule has 0 atom stereocenters. The third kappa shape index (κ3) is 9.77. The van der Waals surface area contributed by atoms with Crippen molar-refractivity contribution in [3.8, 4) is 56.1 Å². The van der Waals surface area contributed by atoms with Crippen LogP contribution in [0.2, 0.25) is 0 Å². The van der Waals surface area contributed by atoms with E-state index in [2.05, 4.69) is 151 Å². The average Bonchev–Trinajstić information content (AvgIpc) is 3.96. The molecule has 10 rings (SSSR count). The van der Waals surface area contributed by atoms with Gasteiger partial charge in [0.25, 0.3) is 0 Å². The van der Waals surface area contributed by atoms with E-state index in [9.17, 15) is 0 Å². The van der Waals surface area contributed by atoms with Crippen LogP contribution >= 0.6 is 0 Å². The van der Waals surface area contributed by atoms with Gasteiger partial charge < -0.3 is 13.4 Å². The third-order valence-electron chi connectivity index (χ3n) is 11.9. The van der Waals surface area contributed by atoms with E-state index in [4.69, 9.17) is 20.7 Å². The molecule has 3 aromatic heterocycles. The van der Waals surface area contributed by atoms with Crippen LogP contribution in [-0.4, -0.2) is 4.98 Å². The van der Waals surface area contributed by atoms with Gasteiger partial charge in [0.1, 0.15) is 17.1 Å². The van der Waals surface area contributed by atoms with Crippen LogP contribution in [0.15, 0.2) is 167 Å². The van der Waals surface area contributed by atoms with E-state index in [0.717, 1.165) is 66.5 Å². The van der Waals surface area contributed by atoms with Gasteiger partial charge in [0.05, 0.1) is 23.0 Å². The molecule has 0 N–H and O–H groups in total. The summed E-state index contributed by atoms with van der Waals surface area (Å²) in [6.07, 6.45) is 0.168. The molecule has 0 aliphatic heterocycles. The molecule has 0 radical (unpaired) electrons. The van der Waals surface area contributed by atoms with Gasteiger partial charge in [-0.25, -0.2) is 0 Å². The van der Waals surface area contributed by atoms with Crippen LogP contribution in [-0.2, 0) is 26.5 Å². The molecule has 0 aliphatic carbocycles. The number of aryl methyl sites for hydroxylation is 1. The zero-order chi connectivity index (χ0) is 50.6. The maximum atomic E-state index is 8.38. The largest absolute Gasteiger partial charge is 3.00 e. The molecule has 0 saturated heterocycles. The summed E-state index contributed by atoms with van der Waals surface area (Å²) in [6.45, 7) is 16.4. The molecule has 0 saturated carbocycles. The van der Waals surface area contributed by atoms with Crippen molar-refractivity contribution in [3.05, 3.63) is 206 Å². The smallest absolute Gasteiger partial charge is 0.500 e. The Labute approximate surface area is 417 Å². The quantitative estimate of drug-likeness (QED) is 0.112. The molecule has 10 aromatic rings. The van der Waals surface area contributed by atoms with Crippen LogP contribution in [0, 0.1) is 32.3 Å². The summed E-state index contributed by atoms with van der Waals surface area (Å²) in [6, 6.07) is 54.2. The van der Waals surface area contributed by atoms with Crippen LogP contribution in [0.5, 0.6) is 0 Å². The van der Waals surface area contributed by atoms with E-state index in [1.165, 1.54) is 27.8 Å². The van der Waals surface area contributed by atoms with Gasteiger partial charge in [-0.2, -0.15) is 18.6 Å². The topological polar surface area (TPSA) is 43.1 Å². The molecule has 0 unspecified atom stereocenters. The van der Waals surface area contributed by atoms with Crippen molar-refractivity contribution >= 4 is 33.0 Å². The van der Waals surface area contributed by atoms with E-state index in [0.29, 0.717) is 28.9 Å². The van der Waals surface area contributed by atoms with Crippen LogP contribution in [0.4, 0.5) is 0 Å². The fraction of sp³-hybridized carbons (Fsp3) is 0.194. The molecular formula is C62H58IrN2O2+. The van der Waals surface area contributed by atoms with E-state index in [1.807, 2.05) is 39.0 Å². The standard InChI is InChI=1S/C43H34NO2.C19H24N.Ir/c1-26(2)36-23-31(29-15-9-6-10-16-29)24-37(27(3)4)40(36)34-18-12-20-38-42(34)46-43(44-38)35-19-11-17-33-32-22-21-30(25-39(32)45-41(33)35)28-13-7-5-8-14-28;1-14-7-9-17(15(2)11-14)18-10-8-16(13-20(18)6)12-19(3,4)5;/h5-18,20-27H,1-4H3;7-11,13H,2,6,12H2,1,3-5H3;/q2*-1;+3/i;1D3,12D2;. The number of hydrogen-bond donors (Lipinski definition) is 0. The van der Waals surface area contributed by atoms with E-state index in [-0.39, 0.29) is 25.7 Å². The number of benzene rings is 7. The first-order valence-electron chi connectivity index (χ1n) is 25.1. The van der Waals surface area contributed by atoms with Crippen LogP contribution in [0.3, 0.4) is 0 Å². The van der Waals surface area contributed by atoms with Crippen molar-refractivity contribution in [3.63, 3.8) is 0 Å². The molecule has 336 valence electrons. The Balaban J connectivity index is 0.000000227. The van der Waals surface area contributed by atoms with Crippen LogP contribution < -0.4 is 4.57 Å². The van der Waals surface area contributed by atoms with Gasteiger partial charge in [-0.3, -0.25) is 4.98 Å². The van der Waals surface area contributed by atoms with Crippen molar-refractivity contribution < 1.29 is 40.4 Å². The van der Waals surface area contributed by atoms with E-state index in [1.54, 1.807) is 41.1 Å². The first-order valence-corrected chi connectivity index (χ1v) is 22.6. The normalized spacial score (nSPS) is 13.1. The predicted molar refractivity (Wildman–Crippen MR) is 275 cm³/mol. The summed E-state index contributed by atoms with van der Waals surface area (Å²) in [4.78, 5) is 5.01. The Hall–Kier alpha value is -6.65. The van der Waals surface area contributed by atoms with Crippen molar-refractivity contribution in [1.29, 1.82) is 0 Å². The Morgan fingerprint density at radius 3 is 2.00 bits per heavy atom. The number of para-hydroxylation sites is 1. The van der Waals surface area contributed by atoms with Crippen molar-refractivity contribution in [2.75, 3.05) is 0 Å². The molecule has 0 aliphatic rings. The number of nitrogens with zero attached hydrogens (tertiary/aromatic N) is 2. The van der Waals surface area contributed by atoms with Gasteiger partial charge in [-0.15, -0.1) is 35.4 Å². The van der Waals surface area contributed by atoms with Gasteiger partial charge in [0.15, 0.2) is 0 Å². The van der Waals surface area contributed by atoms with Crippen molar-refractivity contribution in [2.24, 2.45) is 5.41 Å². The zero-order valence-electron chi connectivity index (χ0n) is 44.1. The van der Waals surface area contributed by atoms with Gasteiger partial charge >= 0.3 is 20.1 Å². The maximum Gasteiger partial charge on any atom is 3.00 e. The molecule has 3 heterocycles. The van der Waals surface area contributed by atoms with Gasteiger partial charge in [0, 0.05) is 24.9 Å². The number of aromatic nitrogens is 2. The van der Waals surface area contributed by atoms with E-state index < -0.39 is 18.6 Å². The molecular weight excluding hydrogens is 997 g/mol. The summed E-state index contributed by atoms with van der Waals surface area (Å²) >= 11 is 0. The predicted octanol–water partition coefficient (Wildman–Crippen LogP) is 16.8. The number of fused-ring (bicyclic) bond motifs is 4. The molecule has 0 fully saturated rings. The minimum Gasteiger partial charge on any atom is -0.500 e. The van der Waals surface area contributed by atoms with Gasteiger partial charge in [-0.1, -0.05) is 176 Å². The number of furan rings is 1. The molecule has 0 amide bonds. The number of pyridine rings is 1. The SMILES string of the molecule is CC(C)c1cc(-c2ccccc2)cc(C(C)C)c1-c1cccc2nc(-c3[c-]ccc4c3oc3cc(-c5ccccc5)ccc34)oc12.[2H]C([2H])([2H])c1ccc(-c2ccc(C([2H])([2H])C(C)(C)C)c[n+]2[CH2-])c([CH2-])c1.[Ir+3]. The Morgan fingerprint density at radius 2 is 1.37 bits per heavy atom. The first-order chi connectivity index (χ1) is 33.7. The van der Waals surface area contributed by atoms with Gasteiger partial charge in [0.2, 0.25) is 0 Å². The van der Waals surface area contributed by atoms with Gasteiger partial charge in [-0.05, 0) is 85.8 Å². The first kappa shape index (κ1) is 40.6. The second-order valence-electron chi connectivity index (χ2n) is 18.7. The summed E-state index contributed by atoms with van der Waals surface area (Å²) in [5, 5.41) is 2.08. The summed E-state index contributed by atoms with van der Waals surface area (Å²) in [7, 11) is 3.98. The number of rotatable bonds is 8. The van der Waals surface area contributed by atoms with Crippen LogP contribution in [0.25, 0.3) is 89.1 Å². The molecule has 0 spiro atoms. The van der Waals surface area contributed by atoms with E-state index >= 15 is 0 Å². The average molecular weight is 1060 g/mol. The third-order valence-corrected chi connectivity index (χ3v) is 11.9. The summed E-state index contributed by atoms with van der Waals surface area (Å²) in [5.41, 5.74) is 15.9. The number of oxazole rings is 1. The fourth-order valence-electron chi connectivity index (χ4n) is 8.81. The molecule has 4 nitrogen and oxygen atoms in total. The summed E-state index contributed by atoms with van der Waals surface area (Å²) < 4.78 is 54.1. The molecule has 0 bridgehead atoms. The minimum atomic E-state index is -2.17. The van der Waals surface area contributed by atoms with Crippen molar-refractivity contribution in [2.45, 2.75) is 73.5 Å². The Kier molecular flexibility index (Phi) is 11.7. The van der Waals surface area contributed by atoms with Crippen LogP contribution in [0.1, 0.15) is 95.0 Å². The summed E-state index contributed by atoms with van der Waals surface area (Å²) in [5.74, 6) is 1.13. The maximum absolute atomic E-state index is 8.38. The zero-order valence-corrected chi connectivity index (χ0v) is 41.5. The minimum absolute atomic E-state index is 0. The van der Waals surface area contributed by atoms with Crippen molar-refractivity contribution in [1.82, 2.24) is 4.98 Å². The molecule has 5 heteroatoms. The molecule has 67 heavy (non-hydrogen) atoms.